The first-order valence-electron chi connectivity index (χ1n) is 6.71. The molecule has 2 heterocycles. The van der Waals surface area contributed by atoms with E-state index in [-0.39, 0.29) is 12.6 Å². The summed E-state index contributed by atoms with van der Waals surface area (Å²) in [5, 5.41) is 14.2. The maximum absolute atomic E-state index is 12.0. The number of allylic oxidation sites excluding steroid dienone is 1. The van der Waals surface area contributed by atoms with Crippen molar-refractivity contribution in [3.05, 3.63) is 35.0 Å². The van der Waals surface area contributed by atoms with E-state index in [0.29, 0.717) is 28.7 Å². The summed E-state index contributed by atoms with van der Waals surface area (Å²) in [6.07, 6.45) is 1.82. The van der Waals surface area contributed by atoms with Crippen molar-refractivity contribution < 1.29 is 14.3 Å². The molecular formula is C15H14N4O3. The zero-order chi connectivity index (χ0) is 15.7. The highest BCUT2D eigenvalue weighted by Crippen LogP contribution is 2.38. The van der Waals surface area contributed by atoms with Crippen LogP contribution >= 0.6 is 0 Å². The molecule has 0 bridgehead atoms. The molecule has 2 aliphatic rings. The minimum atomic E-state index is -0.496. The van der Waals surface area contributed by atoms with Crippen LogP contribution in [0.1, 0.15) is 25.5 Å². The Hall–Kier alpha value is -3.01. The minimum Gasteiger partial charge on any atom is -0.454 e. The fraction of sp³-hybridized carbons (Fsp3) is 0.267. The van der Waals surface area contributed by atoms with Crippen molar-refractivity contribution in [3.8, 4) is 17.7 Å². The van der Waals surface area contributed by atoms with E-state index in [2.05, 4.69) is 15.6 Å². The second-order valence-electron chi connectivity index (χ2n) is 4.95. The number of ether oxygens (including phenoxy) is 2. The van der Waals surface area contributed by atoms with Gasteiger partial charge in [0.2, 0.25) is 12.8 Å². The Balaban J connectivity index is 2.05. The Bertz CT molecular complexity index is 746. The van der Waals surface area contributed by atoms with Gasteiger partial charge >= 0.3 is 0 Å². The number of hydrogen-bond donors (Lipinski definition) is 2. The van der Waals surface area contributed by atoms with Gasteiger partial charge < -0.3 is 14.8 Å². The Labute approximate surface area is 127 Å². The molecular weight excluding hydrogens is 284 g/mol. The lowest BCUT2D eigenvalue weighted by atomic mass is 9.93. The largest absolute Gasteiger partial charge is 0.454 e. The molecule has 2 aliphatic heterocycles. The van der Waals surface area contributed by atoms with E-state index in [0.717, 1.165) is 5.56 Å². The molecule has 22 heavy (non-hydrogen) atoms. The summed E-state index contributed by atoms with van der Waals surface area (Å²) in [6.45, 7) is 3.47. The summed E-state index contributed by atoms with van der Waals surface area (Å²) in [7, 11) is 0. The van der Waals surface area contributed by atoms with Crippen molar-refractivity contribution in [1.82, 2.24) is 10.6 Å². The van der Waals surface area contributed by atoms with Gasteiger partial charge in [-0.1, -0.05) is 6.07 Å². The number of hydrogen-bond acceptors (Lipinski definition) is 7. The molecule has 1 aromatic rings. The molecule has 1 aromatic carbocycles. The third-order valence-corrected chi connectivity index (χ3v) is 3.51. The van der Waals surface area contributed by atoms with Gasteiger partial charge in [-0.05, 0) is 31.5 Å². The maximum Gasteiger partial charge on any atom is 0.231 e. The highest BCUT2D eigenvalue weighted by Gasteiger charge is 2.28. The quantitative estimate of drug-likeness (QED) is 0.632. The molecule has 2 N–H and O–H groups in total. The zero-order valence-corrected chi connectivity index (χ0v) is 12.1. The molecule has 112 valence electrons. The molecule has 1 atom stereocenters. The molecule has 0 amide bonds. The van der Waals surface area contributed by atoms with E-state index in [9.17, 15) is 4.79 Å². The van der Waals surface area contributed by atoms with Gasteiger partial charge in [-0.25, -0.2) is 4.99 Å². The molecule has 3 rings (SSSR count). The fourth-order valence-corrected chi connectivity index (χ4v) is 2.57. The smallest absolute Gasteiger partial charge is 0.231 e. The van der Waals surface area contributed by atoms with Gasteiger partial charge in [-0.15, -0.1) is 0 Å². The van der Waals surface area contributed by atoms with Crippen LogP contribution in [0.3, 0.4) is 0 Å². The van der Waals surface area contributed by atoms with Crippen molar-refractivity contribution in [3.63, 3.8) is 0 Å². The van der Waals surface area contributed by atoms with Crippen LogP contribution in [0.5, 0.6) is 11.5 Å². The van der Waals surface area contributed by atoms with Crippen molar-refractivity contribution in [1.29, 1.82) is 5.26 Å². The molecule has 0 aliphatic carbocycles. The number of guanidine groups is 1. The topological polar surface area (TPSA) is 95.7 Å². The van der Waals surface area contributed by atoms with Crippen LogP contribution in [0, 0.1) is 11.5 Å². The molecule has 0 aromatic heterocycles. The van der Waals surface area contributed by atoms with Crippen LogP contribution < -0.4 is 20.1 Å². The van der Waals surface area contributed by atoms with Gasteiger partial charge in [0.1, 0.15) is 6.04 Å². The van der Waals surface area contributed by atoms with Crippen molar-refractivity contribution in [2.45, 2.75) is 19.9 Å². The number of Topliss-reactive ketones (excluding diaryl/α,β-unsaturated/α-hetero) is 1. The molecule has 7 heteroatoms. The molecule has 0 fully saturated rings. The highest BCUT2D eigenvalue weighted by atomic mass is 16.7. The standard InChI is InChI=1S/C15H14N4O3/c1-8-13(9(2)20)14(19-15(18-8)17-6-16)10-3-4-11-12(5-10)22-7-21-11/h3-5,14H,7H2,1-2H3,(H2,17,18,19)/t14-/m0/s1. The fourth-order valence-electron chi connectivity index (χ4n) is 2.57. The summed E-state index contributed by atoms with van der Waals surface area (Å²) < 4.78 is 10.7. The lowest BCUT2D eigenvalue weighted by Gasteiger charge is -2.25. The number of benzene rings is 1. The Morgan fingerprint density at radius 2 is 2.23 bits per heavy atom. The van der Waals surface area contributed by atoms with Crippen LogP contribution in [0.2, 0.25) is 0 Å². The number of nitrogens with zero attached hydrogens (tertiary/aromatic N) is 2. The lowest BCUT2D eigenvalue weighted by Crippen LogP contribution is -2.38. The van der Waals surface area contributed by atoms with Gasteiger partial charge in [-0.3, -0.25) is 10.1 Å². The van der Waals surface area contributed by atoms with E-state index < -0.39 is 6.04 Å². The number of carbonyl (C=O) groups excluding carboxylic acids is 1. The second-order valence-corrected chi connectivity index (χ2v) is 4.95. The van der Waals surface area contributed by atoms with Crippen LogP contribution in [-0.2, 0) is 4.79 Å². The number of nitriles is 1. The van der Waals surface area contributed by atoms with Crippen LogP contribution in [0.4, 0.5) is 0 Å². The summed E-state index contributed by atoms with van der Waals surface area (Å²) >= 11 is 0. The Morgan fingerprint density at radius 1 is 1.45 bits per heavy atom. The molecule has 0 radical (unpaired) electrons. The van der Waals surface area contributed by atoms with E-state index >= 15 is 0 Å². The van der Waals surface area contributed by atoms with E-state index in [1.54, 1.807) is 13.0 Å². The number of nitrogens with one attached hydrogen (secondary N) is 2. The van der Waals surface area contributed by atoms with Gasteiger partial charge in [0.05, 0.1) is 0 Å². The van der Waals surface area contributed by atoms with Crippen molar-refractivity contribution >= 4 is 11.7 Å². The van der Waals surface area contributed by atoms with Crippen molar-refractivity contribution in [2.75, 3.05) is 6.79 Å². The monoisotopic (exact) mass is 298 g/mol. The normalized spacial score (nSPS) is 19.1. The minimum absolute atomic E-state index is 0.0765. The van der Waals surface area contributed by atoms with Gasteiger partial charge in [0.25, 0.3) is 0 Å². The average molecular weight is 298 g/mol. The Morgan fingerprint density at radius 3 is 2.95 bits per heavy atom. The Kier molecular flexibility index (Phi) is 3.43. The zero-order valence-electron chi connectivity index (χ0n) is 12.1. The predicted octanol–water partition coefficient (Wildman–Crippen LogP) is 1.35. The van der Waals surface area contributed by atoms with E-state index in [4.69, 9.17) is 14.7 Å². The highest BCUT2D eigenvalue weighted by molar-refractivity contribution is 5.98. The van der Waals surface area contributed by atoms with Gasteiger partial charge in [0.15, 0.2) is 23.5 Å². The lowest BCUT2D eigenvalue weighted by molar-refractivity contribution is -0.114. The molecule has 0 saturated heterocycles. The first kappa shape index (κ1) is 13.9. The molecule has 0 spiro atoms. The second kappa shape index (κ2) is 5.41. The van der Waals surface area contributed by atoms with E-state index in [1.807, 2.05) is 18.3 Å². The summed E-state index contributed by atoms with van der Waals surface area (Å²) in [6, 6.07) is 4.94. The summed E-state index contributed by atoms with van der Waals surface area (Å²) in [5.41, 5.74) is 2.03. The van der Waals surface area contributed by atoms with E-state index in [1.165, 1.54) is 6.92 Å². The van der Waals surface area contributed by atoms with Gasteiger partial charge in [-0.2, -0.15) is 5.26 Å². The molecule has 7 nitrogen and oxygen atoms in total. The van der Waals surface area contributed by atoms with Crippen molar-refractivity contribution in [2.24, 2.45) is 4.99 Å². The number of carbonyl (C=O) groups is 1. The first-order valence-corrected chi connectivity index (χ1v) is 6.71. The number of fused-ring (bicyclic) bond motifs is 1. The SMILES string of the molecule is CC(=O)C1=C(C)NC(NC#N)=N[C@H]1c1ccc2c(c1)OCO2. The number of rotatable bonds is 2. The third kappa shape index (κ3) is 2.35. The number of ketones is 1. The molecule has 0 unspecified atom stereocenters. The number of aliphatic imine (C=N–C) groups is 1. The molecule has 0 saturated carbocycles. The van der Waals surface area contributed by atoms with Gasteiger partial charge in [0, 0.05) is 11.3 Å². The van der Waals surface area contributed by atoms with Crippen LogP contribution in [0.25, 0.3) is 0 Å². The third-order valence-electron chi connectivity index (χ3n) is 3.51. The van der Waals surface area contributed by atoms with Crippen LogP contribution in [0.15, 0.2) is 34.5 Å². The maximum atomic E-state index is 12.0. The predicted molar refractivity (Wildman–Crippen MR) is 78.0 cm³/mol. The van der Waals surface area contributed by atoms with Crippen LogP contribution in [-0.4, -0.2) is 18.5 Å². The summed E-state index contributed by atoms with van der Waals surface area (Å²) in [4.78, 5) is 16.4. The summed E-state index contributed by atoms with van der Waals surface area (Å²) in [5.74, 6) is 1.53. The first-order chi connectivity index (χ1) is 10.6. The average Bonchev–Trinajstić information content (AvgIpc) is 2.93.